The van der Waals surface area contributed by atoms with E-state index in [4.69, 9.17) is 14.2 Å². The molecule has 7 nitrogen and oxygen atoms in total. The number of sulfonamides is 1. The smallest absolute Gasteiger partial charge is 0.340 e. The number of methoxy groups -OCH3 is 1. The molecule has 3 aromatic rings. The van der Waals surface area contributed by atoms with Gasteiger partial charge in [-0.2, -0.15) is 0 Å². The van der Waals surface area contributed by atoms with Crippen LogP contribution in [-0.2, 0) is 14.8 Å². The molecule has 1 N–H and O–H groups in total. The van der Waals surface area contributed by atoms with Crippen LogP contribution < -0.4 is 14.2 Å². The molecule has 30 heavy (non-hydrogen) atoms. The molecule has 0 bridgehead atoms. The van der Waals surface area contributed by atoms with Gasteiger partial charge in [0.05, 0.1) is 23.3 Å². The summed E-state index contributed by atoms with van der Waals surface area (Å²) in [6.45, 7) is 0.197. The molecule has 0 radical (unpaired) electrons. The Bertz CT molecular complexity index is 1080. The summed E-state index contributed by atoms with van der Waals surface area (Å²) in [4.78, 5) is 12.5. The molecule has 0 fully saturated rings. The topological polar surface area (TPSA) is 90.9 Å². The van der Waals surface area contributed by atoms with E-state index in [9.17, 15) is 13.2 Å². The second kappa shape index (κ2) is 9.80. The number of hydrogen-bond donors (Lipinski definition) is 1. The van der Waals surface area contributed by atoms with Crippen LogP contribution in [0, 0.1) is 0 Å². The van der Waals surface area contributed by atoms with Gasteiger partial charge in [0.1, 0.15) is 24.7 Å². The van der Waals surface area contributed by atoms with Gasteiger partial charge in [-0.05, 0) is 48.5 Å². The Kier molecular flexibility index (Phi) is 6.92. The monoisotopic (exact) mass is 427 g/mol. The second-order valence-electron chi connectivity index (χ2n) is 6.12. The zero-order valence-corrected chi connectivity index (χ0v) is 17.1. The molecule has 0 aromatic heterocycles. The van der Waals surface area contributed by atoms with Crippen molar-refractivity contribution >= 4 is 21.7 Å². The lowest BCUT2D eigenvalue weighted by Gasteiger charge is -2.13. The molecule has 0 aliphatic carbocycles. The molecule has 0 heterocycles. The Hall–Kier alpha value is -3.52. The molecule has 0 spiro atoms. The maximum atomic E-state index is 12.7. The fourth-order valence-electron chi connectivity index (χ4n) is 2.60. The first-order valence-electron chi connectivity index (χ1n) is 9.10. The quantitative estimate of drug-likeness (QED) is 0.413. The summed E-state index contributed by atoms with van der Waals surface area (Å²) in [5, 5.41) is 0. The van der Waals surface area contributed by atoms with Gasteiger partial charge in [-0.15, -0.1) is 0 Å². The minimum absolute atomic E-state index is 0.0211. The Morgan fingerprint density at radius 1 is 0.833 bits per heavy atom. The van der Waals surface area contributed by atoms with E-state index in [1.807, 2.05) is 18.2 Å². The lowest BCUT2D eigenvalue weighted by Crippen LogP contribution is -2.17. The number of ether oxygens (including phenoxy) is 3. The number of hydrogen-bond acceptors (Lipinski definition) is 6. The molecule has 0 saturated heterocycles. The molecule has 0 aliphatic heterocycles. The number of rotatable bonds is 9. The Balaban J connectivity index is 1.65. The highest BCUT2D eigenvalue weighted by molar-refractivity contribution is 7.92. The van der Waals surface area contributed by atoms with Crippen LogP contribution in [-0.4, -0.2) is 34.7 Å². The maximum absolute atomic E-state index is 12.7. The van der Waals surface area contributed by atoms with Crippen LogP contribution in [0.1, 0.15) is 10.4 Å². The van der Waals surface area contributed by atoms with Crippen molar-refractivity contribution in [2.24, 2.45) is 0 Å². The molecule has 0 amide bonds. The zero-order valence-electron chi connectivity index (χ0n) is 16.3. The number of carbonyl (C=O) groups excluding carboxylic acids is 1. The third kappa shape index (κ3) is 5.51. The number of anilines is 1. The van der Waals surface area contributed by atoms with E-state index in [1.54, 1.807) is 36.4 Å². The fourth-order valence-corrected chi connectivity index (χ4v) is 3.68. The first-order chi connectivity index (χ1) is 14.5. The van der Waals surface area contributed by atoms with Crippen LogP contribution in [0.15, 0.2) is 83.8 Å². The number of esters is 1. The Labute approximate surface area is 175 Å². The third-order valence-electron chi connectivity index (χ3n) is 4.09. The van der Waals surface area contributed by atoms with Crippen LogP contribution >= 0.6 is 0 Å². The van der Waals surface area contributed by atoms with E-state index in [0.717, 1.165) is 0 Å². The molecule has 3 rings (SSSR count). The summed E-state index contributed by atoms with van der Waals surface area (Å²) in [6.07, 6.45) is 0. The lowest BCUT2D eigenvalue weighted by molar-refractivity contribution is 0.0451. The van der Waals surface area contributed by atoms with E-state index in [1.165, 1.54) is 31.4 Å². The number of carbonyl (C=O) groups is 1. The van der Waals surface area contributed by atoms with Crippen molar-refractivity contribution < 1.29 is 27.4 Å². The second-order valence-corrected chi connectivity index (χ2v) is 7.81. The minimum Gasteiger partial charge on any atom is -0.497 e. The normalized spacial score (nSPS) is 10.8. The minimum atomic E-state index is -3.89. The Morgan fingerprint density at radius 3 is 2.20 bits per heavy atom. The van der Waals surface area contributed by atoms with Crippen molar-refractivity contribution in [1.82, 2.24) is 0 Å². The van der Waals surface area contributed by atoms with Crippen LogP contribution in [0.25, 0.3) is 0 Å². The van der Waals surface area contributed by atoms with Crippen molar-refractivity contribution in [3.63, 3.8) is 0 Å². The van der Waals surface area contributed by atoms with Gasteiger partial charge in [0.25, 0.3) is 10.0 Å². The molecule has 0 unspecified atom stereocenters. The summed E-state index contributed by atoms with van der Waals surface area (Å²) in [7, 11) is -2.40. The summed E-state index contributed by atoms with van der Waals surface area (Å²) in [6, 6.07) is 21.3. The number of nitrogens with one attached hydrogen (secondary N) is 1. The van der Waals surface area contributed by atoms with Crippen molar-refractivity contribution in [2.45, 2.75) is 4.90 Å². The van der Waals surface area contributed by atoms with Gasteiger partial charge < -0.3 is 14.2 Å². The lowest BCUT2D eigenvalue weighted by atomic mass is 10.2. The van der Waals surface area contributed by atoms with Crippen molar-refractivity contribution in [3.05, 3.63) is 84.4 Å². The van der Waals surface area contributed by atoms with E-state index in [2.05, 4.69) is 4.72 Å². The van der Waals surface area contributed by atoms with Crippen LogP contribution in [0.3, 0.4) is 0 Å². The van der Waals surface area contributed by atoms with Crippen molar-refractivity contribution in [2.75, 3.05) is 25.0 Å². The molecule has 156 valence electrons. The number of benzene rings is 3. The molecular weight excluding hydrogens is 406 g/mol. The third-order valence-corrected chi connectivity index (χ3v) is 5.47. The van der Waals surface area contributed by atoms with Crippen LogP contribution in [0.2, 0.25) is 0 Å². The first-order valence-corrected chi connectivity index (χ1v) is 10.6. The SMILES string of the molecule is COc1ccc(S(=O)(=O)Nc2ccccc2C(=O)OCCOc2ccccc2)cc1. The molecule has 3 aromatic carbocycles. The molecule has 0 saturated carbocycles. The predicted octanol–water partition coefficient (Wildman–Crippen LogP) is 3.73. The summed E-state index contributed by atoms with van der Waals surface area (Å²) < 4.78 is 43.5. The van der Waals surface area contributed by atoms with E-state index in [-0.39, 0.29) is 29.4 Å². The first kappa shape index (κ1) is 21.2. The summed E-state index contributed by atoms with van der Waals surface area (Å²) in [5.74, 6) is 0.552. The molecule has 0 aliphatic rings. The van der Waals surface area contributed by atoms with Gasteiger partial charge in [-0.3, -0.25) is 4.72 Å². The van der Waals surface area contributed by atoms with Gasteiger partial charge in [0.15, 0.2) is 0 Å². The standard InChI is InChI=1S/C22H21NO6S/c1-27-17-11-13-19(14-12-17)30(25,26)23-21-10-6-5-9-20(21)22(24)29-16-15-28-18-7-3-2-4-8-18/h2-14,23H,15-16H2,1H3. The number of para-hydroxylation sites is 2. The highest BCUT2D eigenvalue weighted by atomic mass is 32.2. The van der Waals surface area contributed by atoms with Gasteiger partial charge in [0.2, 0.25) is 0 Å². The van der Waals surface area contributed by atoms with E-state index >= 15 is 0 Å². The van der Waals surface area contributed by atoms with Gasteiger partial charge >= 0.3 is 5.97 Å². The van der Waals surface area contributed by atoms with Gasteiger partial charge in [0, 0.05) is 0 Å². The zero-order chi connectivity index (χ0) is 21.4. The summed E-state index contributed by atoms with van der Waals surface area (Å²) >= 11 is 0. The average molecular weight is 427 g/mol. The molecule has 8 heteroatoms. The van der Waals surface area contributed by atoms with Gasteiger partial charge in [-0.1, -0.05) is 30.3 Å². The predicted molar refractivity (Wildman–Crippen MR) is 112 cm³/mol. The highest BCUT2D eigenvalue weighted by Gasteiger charge is 2.19. The highest BCUT2D eigenvalue weighted by Crippen LogP contribution is 2.22. The van der Waals surface area contributed by atoms with Gasteiger partial charge in [-0.25, -0.2) is 13.2 Å². The van der Waals surface area contributed by atoms with E-state index in [0.29, 0.717) is 11.5 Å². The fraction of sp³-hybridized carbons (Fsp3) is 0.136. The summed E-state index contributed by atoms with van der Waals surface area (Å²) in [5.41, 5.74) is 0.233. The molecule has 0 atom stereocenters. The maximum Gasteiger partial charge on any atom is 0.340 e. The van der Waals surface area contributed by atoms with Crippen LogP contribution in [0.4, 0.5) is 5.69 Å². The Morgan fingerprint density at radius 2 is 1.50 bits per heavy atom. The van der Waals surface area contributed by atoms with Crippen LogP contribution in [0.5, 0.6) is 11.5 Å². The largest absolute Gasteiger partial charge is 0.497 e. The van der Waals surface area contributed by atoms with Crippen molar-refractivity contribution in [1.29, 1.82) is 0 Å². The van der Waals surface area contributed by atoms with E-state index < -0.39 is 16.0 Å². The van der Waals surface area contributed by atoms with Crippen molar-refractivity contribution in [3.8, 4) is 11.5 Å². The average Bonchev–Trinajstić information content (AvgIpc) is 2.77. The molecular formula is C22H21NO6S.